The molecule has 3 aliphatic rings. The van der Waals surface area contributed by atoms with Crippen LogP contribution in [0.15, 0.2) is 194 Å². The van der Waals surface area contributed by atoms with Crippen LogP contribution in [0.2, 0.25) is 0 Å². The molecule has 0 unspecified atom stereocenters. The Hall–Kier alpha value is -8.72. The molecule has 0 saturated carbocycles. The minimum atomic E-state index is 0.408. The summed E-state index contributed by atoms with van der Waals surface area (Å²) < 4.78 is 45.1. The molecule has 13 heteroatoms. The van der Waals surface area contributed by atoms with E-state index < -0.39 is 0 Å². The standard InChI is InChI=1S/C64H56N6O7/c1-2-10-58-54(9-1)55-26-25-53(44-60(55)70(58)61-12-3-4-29-65-61)77-52-8-5-7-49(43-52)62-59(11-6-30-66-62)69-31-33-71-35-37-73-39-41-75-50-21-15-45(16-22-50)56-27-19-47-13-14-48-20-28-57(68-64(48)63(47)67-56)46-17-23-51(24-18-46)76-42-40-74-38-36-72-34-32-69/h1-30,43-44H,31-42H2. The fourth-order valence-electron chi connectivity index (χ4n) is 9.78. The van der Waals surface area contributed by atoms with Crippen LogP contribution in [0.3, 0.4) is 0 Å². The van der Waals surface area contributed by atoms with E-state index in [-0.39, 0.29) is 0 Å². The second-order valence-electron chi connectivity index (χ2n) is 18.5. The lowest BCUT2D eigenvalue weighted by molar-refractivity contribution is 0.0347. The van der Waals surface area contributed by atoms with Gasteiger partial charge >= 0.3 is 0 Å². The first-order valence-electron chi connectivity index (χ1n) is 26.1. The molecule has 77 heavy (non-hydrogen) atoms. The number of hydrogen-bond acceptors (Lipinski definition) is 12. The minimum Gasteiger partial charge on any atom is -0.491 e. The third kappa shape index (κ3) is 11.3. The molecule has 13 nitrogen and oxygen atoms in total. The molecular weight excluding hydrogens is 965 g/mol. The van der Waals surface area contributed by atoms with E-state index in [1.54, 1.807) is 0 Å². The Balaban J connectivity index is 0.727. The summed E-state index contributed by atoms with van der Waals surface area (Å²) in [7, 11) is 0. The third-order valence-electron chi connectivity index (χ3n) is 13.6. The van der Waals surface area contributed by atoms with Crippen LogP contribution < -0.4 is 19.1 Å². The van der Waals surface area contributed by atoms with Crippen molar-refractivity contribution in [3.05, 3.63) is 194 Å². The zero-order valence-corrected chi connectivity index (χ0v) is 42.5. The van der Waals surface area contributed by atoms with E-state index in [9.17, 15) is 0 Å². The number of aromatic nitrogens is 5. The number of para-hydroxylation sites is 1. The summed E-state index contributed by atoms with van der Waals surface area (Å²) in [6.07, 6.45) is 3.64. The van der Waals surface area contributed by atoms with E-state index >= 15 is 0 Å². The summed E-state index contributed by atoms with van der Waals surface area (Å²) in [4.78, 5) is 22.1. The monoisotopic (exact) mass is 1020 g/mol. The lowest BCUT2D eigenvalue weighted by atomic mass is 10.1. The molecule has 0 amide bonds. The van der Waals surface area contributed by atoms with Crippen molar-refractivity contribution >= 4 is 49.3 Å². The molecule has 384 valence electrons. The van der Waals surface area contributed by atoms with E-state index in [0.717, 1.165) is 100 Å². The Morgan fingerprint density at radius 2 is 0.974 bits per heavy atom. The SMILES string of the molecule is c1ccc(-n2c3ccccc3c3ccc(Oc4cccc(-c5ncccc5N5CCOCCOCCOc6ccc(cc6)-c6ccc7ccc8ccc(nc8c7n6)-c6ccc(cc6)OCCOCCOCC5)c4)cc32)nc1. The van der Waals surface area contributed by atoms with Gasteiger partial charge in [0, 0.05) is 69.8 Å². The molecule has 0 spiro atoms. The molecule has 5 aromatic heterocycles. The fraction of sp³-hybridized carbons (Fsp3) is 0.188. The van der Waals surface area contributed by atoms with Gasteiger partial charge in [-0.25, -0.2) is 15.0 Å². The van der Waals surface area contributed by atoms with Crippen molar-refractivity contribution in [2.24, 2.45) is 0 Å². The molecule has 0 radical (unpaired) electrons. The van der Waals surface area contributed by atoms with E-state index in [1.165, 1.54) is 0 Å². The minimum absolute atomic E-state index is 0.408. The summed E-state index contributed by atoms with van der Waals surface area (Å²) in [6, 6.07) is 61.2. The highest BCUT2D eigenvalue weighted by atomic mass is 16.5. The molecule has 14 rings (SSSR count). The maximum Gasteiger partial charge on any atom is 0.137 e. The van der Waals surface area contributed by atoms with Crippen LogP contribution in [0.25, 0.3) is 83.2 Å². The molecule has 0 atom stereocenters. The first-order chi connectivity index (χ1) is 38.2. The second kappa shape index (κ2) is 23.4. The highest BCUT2D eigenvalue weighted by molar-refractivity contribution is 6.09. The predicted octanol–water partition coefficient (Wildman–Crippen LogP) is 12.8. The zero-order chi connectivity index (χ0) is 51.6. The Morgan fingerprint density at radius 1 is 0.403 bits per heavy atom. The fourth-order valence-corrected chi connectivity index (χ4v) is 9.78. The summed E-state index contributed by atoms with van der Waals surface area (Å²) in [6.45, 7) is 5.53. The van der Waals surface area contributed by atoms with Gasteiger partial charge in [-0.1, -0.05) is 60.7 Å². The molecule has 6 aromatic carbocycles. The number of fused-ring (bicyclic) bond motifs is 5. The normalized spacial score (nSPS) is 14.6. The van der Waals surface area contributed by atoms with Crippen molar-refractivity contribution in [2.75, 3.05) is 84.1 Å². The van der Waals surface area contributed by atoms with Crippen molar-refractivity contribution < 1.29 is 33.2 Å². The lowest BCUT2D eigenvalue weighted by Gasteiger charge is -2.27. The Morgan fingerprint density at radius 3 is 1.62 bits per heavy atom. The van der Waals surface area contributed by atoms with E-state index in [2.05, 4.69) is 82.3 Å². The molecule has 0 N–H and O–H groups in total. The number of benzene rings is 6. The van der Waals surface area contributed by atoms with Crippen LogP contribution in [-0.4, -0.2) is 104 Å². The van der Waals surface area contributed by atoms with E-state index in [0.29, 0.717) is 90.7 Å². The van der Waals surface area contributed by atoms with Crippen LogP contribution in [-0.2, 0) is 18.9 Å². The highest BCUT2D eigenvalue weighted by Gasteiger charge is 2.18. The topological polar surface area (TPSA) is 124 Å². The van der Waals surface area contributed by atoms with Gasteiger partial charge < -0.3 is 38.1 Å². The van der Waals surface area contributed by atoms with Crippen LogP contribution >= 0.6 is 0 Å². The van der Waals surface area contributed by atoms with Crippen LogP contribution in [0.4, 0.5) is 5.69 Å². The Labute approximate surface area is 446 Å². The van der Waals surface area contributed by atoms with Crippen LogP contribution in [0.5, 0.6) is 23.0 Å². The molecule has 8 heterocycles. The molecule has 0 saturated heterocycles. The number of anilines is 1. The summed E-state index contributed by atoms with van der Waals surface area (Å²) in [5, 5.41) is 4.34. The number of ether oxygens (including phenoxy) is 7. The molecule has 0 fully saturated rings. The average Bonchev–Trinajstić information content (AvgIpc) is 3.84. The number of hydrogen-bond donors (Lipinski definition) is 0. The van der Waals surface area contributed by atoms with Crippen molar-refractivity contribution in [2.45, 2.75) is 0 Å². The molecular formula is C64H56N6O7. The van der Waals surface area contributed by atoms with E-state index in [4.69, 9.17) is 53.1 Å². The summed E-state index contributed by atoms with van der Waals surface area (Å²) in [5.41, 5.74) is 10.2. The van der Waals surface area contributed by atoms with Crippen LogP contribution in [0.1, 0.15) is 0 Å². The van der Waals surface area contributed by atoms with Gasteiger partial charge in [0.15, 0.2) is 0 Å². The van der Waals surface area contributed by atoms with Crippen molar-refractivity contribution in [1.29, 1.82) is 0 Å². The summed E-state index contributed by atoms with van der Waals surface area (Å²) >= 11 is 0. The van der Waals surface area contributed by atoms with Gasteiger partial charge in [0.2, 0.25) is 0 Å². The molecule has 8 bridgehead atoms. The van der Waals surface area contributed by atoms with Crippen molar-refractivity contribution in [3.63, 3.8) is 0 Å². The lowest BCUT2D eigenvalue weighted by Crippen LogP contribution is -2.32. The van der Waals surface area contributed by atoms with Gasteiger partial charge in [0.05, 0.1) is 97.7 Å². The smallest absolute Gasteiger partial charge is 0.137 e. The van der Waals surface area contributed by atoms with Crippen molar-refractivity contribution in [3.8, 4) is 62.6 Å². The van der Waals surface area contributed by atoms with Crippen molar-refractivity contribution in [1.82, 2.24) is 24.5 Å². The predicted molar refractivity (Wildman–Crippen MR) is 303 cm³/mol. The molecule has 0 aliphatic carbocycles. The average molecular weight is 1020 g/mol. The zero-order valence-electron chi connectivity index (χ0n) is 42.5. The summed E-state index contributed by atoms with van der Waals surface area (Å²) in [5.74, 6) is 3.76. The van der Waals surface area contributed by atoms with Gasteiger partial charge in [-0.15, -0.1) is 0 Å². The number of nitrogens with zero attached hydrogens (tertiary/aromatic N) is 6. The highest BCUT2D eigenvalue weighted by Crippen LogP contribution is 2.37. The van der Waals surface area contributed by atoms with Gasteiger partial charge in [-0.2, -0.15) is 0 Å². The number of rotatable bonds is 5. The maximum absolute atomic E-state index is 6.62. The van der Waals surface area contributed by atoms with Gasteiger partial charge in [-0.05, 0) is 115 Å². The van der Waals surface area contributed by atoms with Gasteiger partial charge in [0.1, 0.15) is 42.0 Å². The maximum atomic E-state index is 6.62. The first-order valence-corrected chi connectivity index (χ1v) is 26.1. The largest absolute Gasteiger partial charge is 0.491 e. The molecule has 3 aliphatic heterocycles. The quantitative estimate of drug-likeness (QED) is 0.152. The second-order valence-corrected chi connectivity index (χ2v) is 18.5. The number of pyridine rings is 4. The molecule has 11 aromatic rings. The van der Waals surface area contributed by atoms with E-state index in [1.807, 2.05) is 122 Å². The van der Waals surface area contributed by atoms with Gasteiger partial charge in [0.25, 0.3) is 0 Å². The third-order valence-corrected chi connectivity index (χ3v) is 13.6. The Kier molecular flexibility index (Phi) is 15.0. The first kappa shape index (κ1) is 49.2. The van der Waals surface area contributed by atoms with Crippen LogP contribution in [0, 0.1) is 0 Å². The Bertz CT molecular complexity index is 3660. The van der Waals surface area contributed by atoms with Gasteiger partial charge in [-0.3, -0.25) is 9.55 Å².